The molecule has 1 aliphatic rings. The van der Waals surface area contributed by atoms with Crippen LogP contribution in [-0.4, -0.2) is 42.7 Å². The number of benzene rings is 2. The fourth-order valence-electron chi connectivity index (χ4n) is 3.10. The normalized spacial score (nSPS) is 14.6. The molecule has 1 fully saturated rings. The number of aliphatic hydroxyl groups excluding tert-OH is 1. The third-order valence-corrected chi connectivity index (χ3v) is 4.60. The zero-order valence-corrected chi connectivity index (χ0v) is 15.0. The Balaban J connectivity index is 1.58. The molecular weight excluding hydrogens is 344 g/mol. The van der Waals surface area contributed by atoms with Crippen molar-refractivity contribution in [2.75, 3.05) is 35.2 Å². The topological polar surface area (TPSA) is 108 Å². The number of nitrogens with two attached hydrogens (primary N) is 1. The van der Waals surface area contributed by atoms with Crippen LogP contribution in [0.4, 0.5) is 17.1 Å². The molecule has 0 radical (unpaired) electrons. The molecule has 0 bridgehead atoms. The number of nitrogens with one attached hydrogen (secondary N) is 2. The number of carbonyl (C=O) groups excluding carboxylic acids is 2. The molecule has 27 heavy (non-hydrogen) atoms. The molecule has 142 valence electrons. The van der Waals surface area contributed by atoms with Gasteiger partial charge in [0.05, 0.1) is 24.0 Å². The molecular formula is C20H24N4O3. The van der Waals surface area contributed by atoms with Crippen molar-refractivity contribution in [1.29, 1.82) is 0 Å². The lowest BCUT2D eigenvalue weighted by Gasteiger charge is -2.32. The summed E-state index contributed by atoms with van der Waals surface area (Å²) in [6.45, 7) is 1.70. The first kappa shape index (κ1) is 18.7. The van der Waals surface area contributed by atoms with Crippen LogP contribution in [0.15, 0.2) is 48.5 Å². The van der Waals surface area contributed by atoms with E-state index in [1.54, 1.807) is 24.3 Å². The number of hydrogen-bond donors (Lipinski definition) is 4. The first-order valence-corrected chi connectivity index (χ1v) is 8.98. The second kappa shape index (κ2) is 8.55. The predicted octanol–water partition coefficient (Wildman–Crippen LogP) is 1.80. The molecule has 7 nitrogen and oxygen atoms in total. The molecule has 7 heteroatoms. The lowest BCUT2D eigenvalue weighted by atomic mass is 10.1. The van der Waals surface area contributed by atoms with Gasteiger partial charge in [0, 0.05) is 24.3 Å². The second-order valence-corrected chi connectivity index (χ2v) is 6.58. The van der Waals surface area contributed by atoms with Gasteiger partial charge >= 0.3 is 0 Å². The molecule has 1 heterocycles. The second-order valence-electron chi connectivity index (χ2n) is 6.58. The smallest absolute Gasteiger partial charge is 0.248 e. The summed E-state index contributed by atoms with van der Waals surface area (Å²) in [4.78, 5) is 25.5. The average molecular weight is 368 g/mol. The first-order valence-electron chi connectivity index (χ1n) is 8.98. The van der Waals surface area contributed by atoms with Crippen molar-refractivity contribution >= 4 is 28.9 Å². The number of rotatable bonds is 6. The van der Waals surface area contributed by atoms with Gasteiger partial charge in [-0.1, -0.05) is 12.1 Å². The molecule has 2 aromatic rings. The van der Waals surface area contributed by atoms with E-state index in [-0.39, 0.29) is 18.6 Å². The molecule has 1 aliphatic heterocycles. The molecule has 2 amide bonds. The van der Waals surface area contributed by atoms with Gasteiger partial charge in [0.15, 0.2) is 0 Å². The van der Waals surface area contributed by atoms with Gasteiger partial charge in [-0.15, -0.1) is 0 Å². The van der Waals surface area contributed by atoms with E-state index in [0.29, 0.717) is 11.3 Å². The fraction of sp³-hybridized carbons (Fsp3) is 0.300. The minimum atomic E-state index is -0.503. The summed E-state index contributed by atoms with van der Waals surface area (Å²) < 4.78 is 0. The third-order valence-electron chi connectivity index (χ3n) is 4.60. The summed E-state index contributed by atoms with van der Waals surface area (Å²) >= 11 is 0. The van der Waals surface area contributed by atoms with Gasteiger partial charge in [-0.25, -0.2) is 0 Å². The highest BCUT2D eigenvalue weighted by Crippen LogP contribution is 2.28. The maximum atomic E-state index is 12.2. The number of carbonyl (C=O) groups is 2. The largest absolute Gasteiger partial charge is 0.393 e. The summed E-state index contributed by atoms with van der Waals surface area (Å²) in [5.74, 6) is -0.693. The summed E-state index contributed by atoms with van der Waals surface area (Å²) in [5, 5.41) is 15.7. The number of para-hydroxylation sites is 2. The third kappa shape index (κ3) is 4.98. The van der Waals surface area contributed by atoms with Crippen LogP contribution in [0.5, 0.6) is 0 Å². The van der Waals surface area contributed by atoms with Gasteiger partial charge in [0.2, 0.25) is 11.8 Å². The Morgan fingerprint density at radius 2 is 1.74 bits per heavy atom. The van der Waals surface area contributed by atoms with Crippen LogP contribution in [-0.2, 0) is 4.79 Å². The van der Waals surface area contributed by atoms with E-state index < -0.39 is 5.91 Å². The highest BCUT2D eigenvalue weighted by Gasteiger charge is 2.19. The van der Waals surface area contributed by atoms with Crippen molar-refractivity contribution in [3.63, 3.8) is 0 Å². The number of aliphatic hydroxyl groups is 1. The minimum Gasteiger partial charge on any atom is -0.393 e. The van der Waals surface area contributed by atoms with E-state index in [0.717, 1.165) is 37.3 Å². The maximum absolute atomic E-state index is 12.2. The Kier molecular flexibility index (Phi) is 5.93. The van der Waals surface area contributed by atoms with Crippen LogP contribution in [0, 0.1) is 0 Å². The predicted molar refractivity (Wildman–Crippen MR) is 106 cm³/mol. The molecule has 0 saturated carbocycles. The SMILES string of the molecule is NC(=O)c1ccc(NC(=O)CNc2ccccc2N2CCC(O)CC2)cc1. The van der Waals surface area contributed by atoms with Crippen LogP contribution in [0.25, 0.3) is 0 Å². The first-order chi connectivity index (χ1) is 13.0. The maximum Gasteiger partial charge on any atom is 0.248 e. The quantitative estimate of drug-likeness (QED) is 0.622. The van der Waals surface area contributed by atoms with Crippen LogP contribution in [0.3, 0.4) is 0 Å². The van der Waals surface area contributed by atoms with Crippen LogP contribution in [0.1, 0.15) is 23.2 Å². The summed E-state index contributed by atoms with van der Waals surface area (Å²) in [7, 11) is 0. The molecule has 3 rings (SSSR count). The summed E-state index contributed by atoms with van der Waals surface area (Å²) in [6, 6.07) is 14.3. The standard InChI is InChI=1S/C20H24N4O3/c21-20(27)14-5-7-15(8-6-14)23-19(26)13-22-17-3-1-2-4-18(17)24-11-9-16(25)10-12-24/h1-8,16,22,25H,9-13H2,(H2,21,27)(H,23,26). The molecule has 0 spiro atoms. The highest BCUT2D eigenvalue weighted by molar-refractivity contribution is 5.96. The average Bonchev–Trinajstić information content (AvgIpc) is 2.68. The van der Waals surface area contributed by atoms with Crippen molar-refractivity contribution in [1.82, 2.24) is 0 Å². The van der Waals surface area contributed by atoms with Gasteiger partial charge in [0.1, 0.15) is 0 Å². The Hall–Kier alpha value is -3.06. The van der Waals surface area contributed by atoms with Crippen molar-refractivity contribution in [2.24, 2.45) is 5.73 Å². The monoisotopic (exact) mass is 368 g/mol. The van der Waals surface area contributed by atoms with Gasteiger partial charge in [0.25, 0.3) is 0 Å². The number of amides is 2. The van der Waals surface area contributed by atoms with Crippen LogP contribution in [0.2, 0.25) is 0 Å². The molecule has 0 aromatic heterocycles. The summed E-state index contributed by atoms with van der Waals surface area (Å²) in [5.41, 5.74) is 8.12. The van der Waals surface area contributed by atoms with Crippen molar-refractivity contribution < 1.29 is 14.7 Å². The molecule has 0 atom stereocenters. The molecule has 1 saturated heterocycles. The Labute approximate surface area is 158 Å². The van der Waals surface area contributed by atoms with E-state index in [4.69, 9.17) is 5.73 Å². The zero-order valence-electron chi connectivity index (χ0n) is 15.0. The highest BCUT2D eigenvalue weighted by atomic mass is 16.3. The number of nitrogens with zero attached hydrogens (tertiary/aromatic N) is 1. The van der Waals surface area contributed by atoms with Crippen molar-refractivity contribution in [2.45, 2.75) is 18.9 Å². The van der Waals surface area contributed by atoms with Crippen LogP contribution >= 0.6 is 0 Å². The zero-order chi connectivity index (χ0) is 19.2. The number of anilines is 3. The number of piperidine rings is 1. The van der Waals surface area contributed by atoms with E-state index in [9.17, 15) is 14.7 Å². The van der Waals surface area contributed by atoms with Crippen molar-refractivity contribution in [3.05, 3.63) is 54.1 Å². The van der Waals surface area contributed by atoms with Crippen molar-refractivity contribution in [3.8, 4) is 0 Å². The lowest BCUT2D eigenvalue weighted by molar-refractivity contribution is -0.114. The van der Waals surface area contributed by atoms with E-state index in [1.807, 2.05) is 24.3 Å². The van der Waals surface area contributed by atoms with Gasteiger partial charge in [-0.2, -0.15) is 0 Å². The van der Waals surface area contributed by atoms with Gasteiger partial charge < -0.3 is 26.4 Å². The lowest BCUT2D eigenvalue weighted by Crippen LogP contribution is -2.36. The van der Waals surface area contributed by atoms with Gasteiger partial charge in [-0.3, -0.25) is 9.59 Å². The molecule has 0 aliphatic carbocycles. The van der Waals surface area contributed by atoms with E-state index in [1.165, 1.54) is 0 Å². The molecule has 2 aromatic carbocycles. The van der Waals surface area contributed by atoms with Gasteiger partial charge in [-0.05, 0) is 49.2 Å². The molecule has 5 N–H and O–H groups in total. The number of primary amides is 1. The Morgan fingerprint density at radius 1 is 1.07 bits per heavy atom. The Bertz CT molecular complexity index is 799. The minimum absolute atomic E-state index is 0.116. The van der Waals surface area contributed by atoms with E-state index in [2.05, 4.69) is 15.5 Å². The van der Waals surface area contributed by atoms with Crippen LogP contribution < -0.4 is 21.3 Å². The molecule has 0 unspecified atom stereocenters. The fourth-order valence-corrected chi connectivity index (χ4v) is 3.10. The number of hydrogen-bond acceptors (Lipinski definition) is 5. The summed E-state index contributed by atoms with van der Waals surface area (Å²) in [6.07, 6.45) is 1.26. The Morgan fingerprint density at radius 3 is 2.41 bits per heavy atom. The van der Waals surface area contributed by atoms with E-state index >= 15 is 0 Å².